The number of nitrogens with one attached hydrogen (secondary N) is 1. The first-order valence-electron chi connectivity index (χ1n) is 10.1. The van der Waals surface area contributed by atoms with E-state index in [-0.39, 0.29) is 6.61 Å². The van der Waals surface area contributed by atoms with Crippen LogP contribution in [0.1, 0.15) is 16.1 Å². The van der Waals surface area contributed by atoms with Crippen molar-refractivity contribution >= 4 is 39.0 Å². The summed E-state index contributed by atoms with van der Waals surface area (Å²) in [7, 11) is 0. The summed E-state index contributed by atoms with van der Waals surface area (Å²) in [6.07, 6.45) is 0. The second-order valence-electron chi connectivity index (χ2n) is 7.15. The maximum Gasteiger partial charge on any atom is 0.339 e. The number of fused-ring (bicyclic) bond motifs is 1. The largest absolute Gasteiger partial charge is 0.456 e. The molecule has 0 bridgehead atoms. The molecule has 0 aliphatic rings. The maximum atomic E-state index is 13.0. The third-order valence-corrected chi connectivity index (χ3v) is 5.74. The van der Waals surface area contributed by atoms with E-state index in [9.17, 15) is 4.79 Å². The van der Waals surface area contributed by atoms with Gasteiger partial charge in [-0.05, 0) is 24.3 Å². The predicted octanol–water partition coefficient (Wildman–Crippen LogP) is 6.46. The molecule has 0 fully saturated rings. The summed E-state index contributed by atoms with van der Waals surface area (Å²) >= 11 is 1.47. The molecule has 156 valence electrons. The highest BCUT2D eigenvalue weighted by molar-refractivity contribution is 7.13. The quantitative estimate of drug-likeness (QED) is 0.309. The molecule has 5 nitrogen and oxygen atoms in total. The molecule has 32 heavy (non-hydrogen) atoms. The second kappa shape index (κ2) is 8.99. The highest BCUT2D eigenvalue weighted by Gasteiger charge is 2.16. The smallest absolute Gasteiger partial charge is 0.339 e. The summed E-state index contributed by atoms with van der Waals surface area (Å²) in [5.41, 5.74) is 4.59. The van der Waals surface area contributed by atoms with Crippen molar-refractivity contribution in [1.82, 2.24) is 9.97 Å². The molecule has 0 atom stereocenters. The number of hydrogen-bond acceptors (Lipinski definition) is 6. The summed E-state index contributed by atoms with van der Waals surface area (Å²) in [5, 5.41) is 6.66. The first kappa shape index (κ1) is 19.9. The summed E-state index contributed by atoms with van der Waals surface area (Å²) in [6, 6.07) is 29.0. The van der Waals surface area contributed by atoms with Gasteiger partial charge in [0, 0.05) is 22.0 Å². The van der Waals surface area contributed by atoms with Crippen LogP contribution in [0.5, 0.6) is 0 Å². The number of benzene rings is 3. The Labute approximate surface area is 189 Å². The molecule has 5 aromatic rings. The topological polar surface area (TPSA) is 64.1 Å². The molecule has 0 aliphatic carbocycles. The number of rotatable bonds is 6. The van der Waals surface area contributed by atoms with Crippen LogP contribution in [0.4, 0.5) is 10.8 Å². The van der Waals surface area contributed by atoms with Crippen molar-refractivity contribution in [3.05, 3.63) is 108 Å². The van der Waals surface area contributed by atoms with Gasteiger partial charge in [0.05, 0.1) is 22.5 Å². The highest BCUT2D eigenvalue weighted by atomic mass is 32.1. The van der Waals surface area contributed by atoms with Crippen molar-refractivity contribution in [3.63, 3.8) is 0 Å². The number of esters is 1. The number of anilines is 2. The normalized spacial score (nSPS) is 10.8. The minimum atomic E-state index is -0.397. The molecule has 5 rings (SSSR count). The van der Waals surface area contributed by atoms with E-state index in [1.165, 1.54) is 11.3 Å². The molecule has 2 heterocycles. The average molecular weight is 438 g/mol. The van der Waals surface area contributed by atoms with Crippen molar-refractivity contribution in [2.75, 3.05) is 5.32 Å². The molecular formula is C26H19N3O2S. The van der Waals surface area contributed by atoms with E-state index in [0.717, 1.165) is 33.0 Å². The summed E-state index contributed by atoms with van der Waals surface area (Å²) in [5.74, 6) is -0.397. The van der Waals surface area contributed by atoms with Gasteiger partial charge < -0.3 is 10.1 Å². The van der Waals surface area contributed by atoms with Crippen LogP contribution in [0.3, 0.4) is 0 Å². The van der Waals surface area contributed by atoms with Crippen LogP contribution in [-0.2, 0) is 11.3 Å². The Kier molecular flexibility index (Phi) is 5.59. The van der Waals surface area contributed by atoms with Gasteiger partial charge in [0.2, 0.25) is 0 Å². The molecule has 0 spiro atoms. The van der Waals surface area contributed by atoms with Gasteiger partial charge in [-0.1, -0.05) is 66.7 Å². The van der Waals surface area contributed by atoms with Crippen LogP contribution in [0.25, 0.3) is 22.2 Å². The Morgan fingerprint density at radius 3 is 2.41 bits per heavy atom. The molecule has 0 saturated heterocycles. The molecule has 1 N–H and O–H groups in total. The van der Waals surface area contributed by atoms with Gasteiger partial charge >= 0.3 is 5.97 Å². The molecule has 2 aromatic heterocycles. The number of hydrogen-bond donors (Lipinski definition) is 1. The van der Waals surface area contributed by atoms with E-state index in [1.807, 2.05) is 90.3 Å². The van der Waals surface area contributed by atoms with E-state index in [0.29, 0.717) is 11.3 Å². The number of ether oxygens (including phenoxy) is 1. The third-order valence-electron chi connectivity index (χ3n) is 4.93. The fourth-order valence-corrected chi connectivity index (χ4v) is 4.11. The van der Waals surface area contributed by atoms with E-state index in [1.54, 1.807) is 6.07 Å². The number of carbonyl (C=O) groups is 1. The van der Waals surface area contributed by atoms with Gasteiger partial charge in [0.1, 0.15) is 6.61 Å². The second-order valence-corrected chi connectivity index (χ2v) is 8.01. The van der Waals surface area contributed by atoms with Crippen LogP contribution in [0.2, 0.25) is 0 Å². The third kappa shape index (κ3) is 4.36. The Balaban J connectivity index is 1.36. The van der Waals surface area contributed by atoms with Crippen LogP contribution >= 0.6 is 11.3 Å². The minimum Gasteiger partial charge on any atom is -0.456 e. The molecule has 3 aromatic carbocycles. The lowest BCUT2D eigenvalue weighted by Gasteiger charge is -2.09. The molecule has 0 amide bonds. The van der Waals surface area contributed by atoms with Crippen molar-refractivity contribution in [2.24, 2.45) is 0 Å². The first-order valence-corrected chi connectivity index (χ1v) is 11.0. The molecular weight excluding hydrogens is 418 g/mol. The maximum absolute atomic E-state index is 13.0. The summed E-state index contributed by atoms with van der Waals surface area (Å²) < 4.78 is 5.63. The number of nitrogens with zero attached hydrogens (tertiary/aromatic N) is 2. The number of para-hydroxylation sites is 2. The molecule has 0 aliphatic heterocycles. The highest BCUT2D eigenvalue weighted by Crippen LogP contribution is 2.26. The number of aromatic nitrogens is 2. The predicted molar refractivity (Wildman–Crippen MR) is 128 cm³/mol. The molecule has 0 saturated carbocycles. The zero-order chi connectivity index (χ0) is 21.8. The van der Waals surface area contributed by atoms with Gasteiger partial charge in [-0.2, -0.15) is 0 Å². The lowest BCUT2D eigenvalue weighted by Crippen LogP contribution is -2.07. The zero-order valence-corrected chi connectivity index (χ0v) is 17.9. The Bertz CT molecular complexity index is 1370. The Morgan fingerprint density at radius 2 is 1.59 bits per heavy atom. The van der Waals surface area contributed by atoms with Crippen LogP contribution in [-0.4, -0.2) is 15.9 Å². The van der Waals surface area contributed by atoms with Crippen LogP contribution in [0, 0.1) is 0 Å². The van der Waals surface area contributed by atoms with E-state index < -0.39 is 5.97 Å². The van der Waals surface area contributed by atoms with Gasteiger partial charge in [-0.25, -0.2) is 14.8 Å². The monoisotopic (exact) mass is 437 g/mol. The van der Waals surface area contributed by atoms with E-state index in [4.69, 9.17) is 9.72 Å². The number of thiazole rings is 1. The molecule has 0 radical (unpaired) electrons. The van der Waals surface area contributed by atoms with Gasteiger partial charge in [-0.3, -0.25) is 0 Å². The number of pyridine rings is 1. The fraction of sp³-hybridized carbons (Fsp3) is 0.0385. The lowest BCUT2D eigenvalue weighted by atomic mass is 10.0. The molecule has 0 unspecified atom stereocenters. The van der Waals surface area contributed by atoms with Crippen LogP contribution < -0.4 is 5.32 Å². The first-order chi connectivity index (χ1) is 15.8. The van der Waals surface area contributed by atoms with Gasteiger partial charge in [-0.15, -0.1) is 11.3 Å². The number of carbonyl (C=O) groups excluding carboxylic acids is 1. The summed E-state index contributed by atoms with van der Waals surface area (Å²) in [6.45, 7) is 0.100. The van der Waals surface area contributed by atoms with Gasteiger partial charge in [0.25, 0.3) is 0 Å². The van der Waals surface area contributed by atoms with Gasteiger partial charge in [0.15, 0.2) is 5.13 Å². The minimum absolute atomic E-state index is 0.100. The standard InChI is InChI=1S/C26H19N3O2S/c30-25(31-16-20-17-32-26(28-20)27-19-11-5-2-6-12-19)22-15-24(18-9-3-1-4-10-18)29-23-14-8-7-13-21(22)23/h1-15,17H,16H2,(H,27,28). The van der Waals surface area contributed by atoms with Crippen LogP contribution in [0.15, 0.2) is 96.4 Å². The van der Waals surface area contributed by atoms with E-state index in [2.05, 4.69) is 10.3 Å². The average Bonchev–Trinajstić information content (AvgIpc) is 3.30. The summed E-state index contributed by atoms with van der Waals surface area (Å²) in [4.78, 5) is 22.3. The SMILES string of the molecule is O=C(OCc1csc(Nc2ccccc2)n1)c1cc(-c2ccccc2)nc2ccccc12. The van der Waals surface area contributed by atoms with Crippen molar-refractivity contribution in [2.45, 2.75) is 6.61 Å². The lowest BCUT2D eigenvalue weighted by molar-refractivity contribution is 0.0471. The Hall–Kier alpha value is -4.03. The molecule has 6 heteroatoms. The fourth-order valence-electron chi connectivity index (χ4n) is 3.39. The van der Waals surface area contributed by atoms with E-state index >= 15 is 0 Å². The van der Waals surface area contributed by atoms with Crippen molar-refractivity contribution in [1.29, 1.82) is 0 Å². The Morgan fingerprint density at radius 1 is 0.875 bits per heavy atom. The van der Waals surface area contributed by atoms with Crippen molar-refractivity contribution < 1.29 is 9.53 Å². The van der Waals surface area contributed by atoms with Crippen molar-refractivity contribution in [3.8, 4) is 11.3 Å². The zero-order valence-electron chi connectivity index (χ0n) is 17.1.